The molecule has 2 aliphatic heterocycles. The molecule has 1 aromatic heterocycles. The number of piperidine rings is 1. The number of hydrogen-bond donors (Lipinski definition) is 2. The summed E-state index contributed by atoms with van der Waals surface area (Å²) < 4.78 is 0. The summed E-state index contributed by atoms with van der Waals surface area (Å²) in [7, 11) is 0. The van der Waals surface area contributed by atoms with Crippen LogP contribution in [0.1, 0.15) is 31.0 Å². The van der Waals surface area contributed by atoms with Gasteiger partial charge in [-0.3, -0.25) is 19.5 Å². The van der Waals surface area contributed by atoms with Gasteiger partial charge in [-0.2, -0.15) is 5.10 Å². The highest BCUT2D eigenvalue weighted by Gasteiger charge is 2.35. The average Bonchev–Trinajstić information content (AvgIpc) is 3.20. The van der Waals surface area contributed by atoms with Crippen LogP contribution >= 0.6 is 0 Å². The van der Waals surface area contributed by atoms with Gasteiger partial charge >= 0.3 is 0 Å². The summed E-state index contributed by atoms with van der Waals surface area (Å²) >= 11 is 0. The van der Waals surface area contributed by atoms with Crippen LogP contribution in [0.25, 0.3) is 10.9 Å². The number of nitrogens with one attached hydrogen (secondary N) is 2. The SMILES string of the molecule is CC1C=NN(C2CCN(Cc3cc(=O)c4ccccc4[nH]3)CC2)C1NC(=O)Cc1ccccc1. The molecule has 2 N–H and O–H groups in total. The molecule has 34 heavy (non-hydrogen) atoms. The van der Waals surface area contributed by atoms with E-state index < -0.39 is 0 Å². The average molecular weight is 458 g/mol. The van der Waals surface area contributed by atoms with Crippen LogP contribution < -0.4 is 10.7 Å². The van der Waals surface area contributed by atoms with E-state index in [2.05, 4.69) is 32.2 Å². The van der Waals surface area contributed by atoms with Gasteiger partial charge in [0.05, 0.1) is 12.5 Å². The van der Waals surface area contributed by atoms with Crippen molar-refractivity contribution in [2.24, 2.45) is 11.0 Å². The first kappa shape index (κ1) is 22.3. The molecule has 7 nitrogen and oxygen atoms in total. The molecule has 5 rings (SSSR count). The second-order valence-corrected chi connectivity index (χ2v) is 9.39. The Kier molecular flexibility index (Phi) is 6.45. The number of aromatic nitrogens is 1. The summed E-state index contributed by atoms with van der Waals surface area (Å²) in [6.45, 7) is 4.67. The molecule has 1 saturated heterocycles. The van der Waals surface area contributed by atoms with Crippen molar-refractivity contribution in [3.8, 4) is 0 Å². The maximum Gasteiger partial charge on any atom is 0.226 e. The molecule has 1 fully saturated rings. The van der Waals surface area contributed by atoms with Gasteiger partial charge in [0.15, 0.2) is 5.43 Å². The van der Waals surface area contributed by atoms with Crippen molar-refractivity contribution in [1.29, 1.82) is 0 Å². The van der Waals surface area contributed by atoms with Crippen LogP contribution in [0.3, 0.4) is 0 Å². The van der Waals surface area contributed by atoms with Gasteiger partial charge < -0.3 is 10.3 Å². The Morgan fingerprint density at radius 2 is 1.82 bits per heavy atom. The lowest BCUT2D eigenvalue weighted by atomic mass is 10.0. The van der Waals surface area contributed by atoms with Crippen molar-refractivity contribution in [3.05, 3.63) is 82.1 Å². The summed E-state index contributed by atoms with van der Waals surface area (Å²) in [5, 5.41) is 10.7. The van der Waals surface area contributed by atoms with Crippen LogP contribution in [-0.2, 0) is 17.8 Å². The third-order valence-electron chi connectivity index (χ3n) is 6.85. The number of amides is 1. The molecule has 3 heterocycles. The molecule has 0 saturated carbocycles. The van der Waals surface area contributed by atoms with Gasteiger partial charge in [-0.05, 0) is 30.5 Å². The molecule has 0 radical (unpaired) electrons. The molecule has 0 spiro atoms. The summed E-state index contributed by atoms with van der Waals surface area (Å²) in [6.07, 6.45) is 4.14. The third kappa shape index (κ3) is 4.89. The zero-order chi connectivity index (χ0) is 23.5. The highest BCUT2D eigenvalue weighted by atomic mass is 16.2. The quantitative estimate of drug-likeness (QED) is 0.596. The molecule has 0 aliphatic carbocycles. The second kappa shape index (κ2) is 9.81. The molecule has 2 aliphatic rings. The van der Waals surface area contributed by atoms with Gasteiger partial charge in [-0.1, -0.05) is 49.4 Å². The normalized spacial score (nSPS) is 21.3. The molecular weight excluding hydrogens is 426 g/mol. The van der Waals surface area contributed by atoms with Gasteiger partial charge in [0.1, 0.15) is 6.17 Å². The van der Waals surface area contributed by atoms with Crippen LogP contribution in [-0.4, -0.2) is 52.3 Å². The van der Waals surface area contributed by atoms with E-state index in [0.717, 1.165) is 54.6 Å². The molecule has 3 aromatic rings. The lowest BCUT2D eigenvalue weighted by Gasteiger charge is -2.39. The topological polar surface area (TPSA) is 80.8 Å². The number of aromatic amines is 1. The second-order valence-electron chi connectivity index (χ2n) is 9.39. The van der Waals surface area contributed by atoms with Gasteiger partial charge in [0.25, 0.3) is 0 Å². The highest BCUT2D eigenvalue weighted by molar-refractivity contribution is 5.80. The standard InChI is InChI=1S/C27H31N5O2/c1-19-17-28-32(27(19)30-26(34)15-20-7-3-2-4-8-20)22-11-13-31(14-12-22)18-21-16-25(33)23-9-5-6-10-24(23)29-21/h2-10,16-17,19,22,27H,11-15,18H2,1H3,(H,29,33)(H,30,34). The Morgan fingerprint density at radius 1 is 1.09 bits per heavy atom. The van der Waals surface area contributed by atoms with E-state index in [0.29, 0.717) is 6.42 Å². The molecule has 2 atom stereocenters. The molecule has 176 valence electrons. The first-order valence-corrected chi connectivity index (χ1v) is 12.1. The Labute approximate surface area is 199 Å². The summed E-state index contributed by atoms with van der Waals surface area (Å²) in [5.74, 6) is 0.191. The maximum absolute atomic E-state index is 12.7. The van der Waals surface area contributed by atoms with Crippen molar-refractivity contribution in [2.45, 2.75) is 44.9 Å². The van der Waals surface area contributed by atoms with E-state index in [1.54, 1.807) is 6.07 Å². The lowest BCUT2D eigenvalue weighted by molar-refractivity contribution is -0.123. The lowest BCUT2D eigenvalue weighted by Crippen LogP contribution is -2.53. The number of likely N-dealkylation sites (tertiary alicyclic amines) is 1. The Morgan fingerprint density at radius 3 is 2.62 bits per heavy atom. The molecule has 0 bridgehead atoms. The number of para-hydroxylation sites is 1. The molecular formula is C27H31N5O2. The predicted octanol–water partition coefficient (Wildman–Crippen LogP) is 3.12. The molecule has 1 amide bonds. The monoisotopic (exact) mass is 457 g/mol. The number of H-pyrrole nitrogens is 1. The van der Waals surface area contributed by atoms with Crippen molar-refractivity contribution in [2.75, 3.05) is 13.1 Å². The van der Waals surface area contributed by atoms with Crippen LogP contribution in [0.15, 0.2) is 70.6 Å². The van der Waals surface area contributed by atoms with Crippen molar-refractivity contribution >= 4 is 23.0 Å². The Hall–Kier alpha value is -3.45. The van der Waals surface area contributed by atoms with Crippen molar-refractivity contribution in [1.82, 2.24) is 20.2 Å². The Bertz CT molecular complexity index is 1230. The number of rotatable bonds is 6. The Balaban J connectivity index is 1.18. The van der Waals surface area contributed by atoms with Crippen LogP contribution in [0.2, 0.25) is 0 Å². The number of carbonyl (C=O) groups is 1. The zero-order valence-corrected chi connectivity index (χ0v) is 19.5. The minimum Gasteiger partial charge on any atom is -0.357 e. The third-order valence-corrected chi connectivity index (χ3v) is 6.85. The fraction of sp³-hybridized carbons (Fsp3) is 0.370. The number of nitrogens with zero attached hydrogens (tertiary/aromatic N) is 3. The number of pyridine rings is 1. The van der Waals surface area contributed by atoms with Gasteiger partial charge in [-0.25, -0.2) is 0 Å². The van der Waals surface area contributed by atoms with E-state index in [4.69, 9.17) is 0 Å². The predicted molar refractivity (Wildman–Crippen MR) is 134 cm³/mol. The minimum atomic E-state index is -0.107. The number of hydrogen-bond acceptors (Lipinski definition) is 5. The van der Waals surface area contributed by atoms with Crippen LogP contribution in [0.4, 0.5) is 0 Å². The van der Waals surface area contributed by atoms with E-state index in [1.807, 2.05) is 60.8 Å². The van der Waals surface area contributed by atoms with E-state index in [1.165, 1.54) is 0 Å². The van der Waals surface area contributed by atoms with Gasteiger partial charge in [-0.15, -0.1) is 0 Å². The highest BCUT2D eigenvalue weighted by Crippen LogP contribution is 2.25. The number of carbonyl (C=O) groups excluding carboxylic acids is 1. The van der Waals surface area contributed by atoms with E-state index in [9.17, 15) is 9.59 Å². The van der Waals surface area contributed by atoms with Crippen LogP contribution in [0.5, 0.6) is 0 Å². The number of hydrazone groups is 1. The zero-order valence-electron chi connectivity index (χ0n) is 19.5. The molecule has 2 unspecified atom stereocenters. The van der Waals surface area contributed by atoms with E-state index in [-0.39, 0.29) is 29.5 Å². The smallest absolute Gasteiger partial charge is 0.226 e. The molecule has 2 aromatic carbocycles. The number of benzene rings is 2. The fourth-order valence-corrected chi connectivity index (χ4v) is 5.01. The summed E-state index contributed by atoms with van der Waals surface area (Å²) in [4.78, 5) is 30.9. The van der Waals surface area contributed by atoms with Gasteiger partial charge in [0, 0.05) is 54.4 Å². The van der Waals surface area contributed by atoms with Gasteiger partial charge in [0.2, 0.25) is 5.91 Å². The van der Waals surface area contributed by atoms with Crippen molar-refractivity contribution in [3.63, 3.8) is 0 Å². The minimum absolute atomic E-state index is 0.0243. The summed E-state index contributed by atoms with van der Waals surface area (Å²) in [5.41, 5.74) is 2.90. The fourth-order valence-electron chi connectivity index (χ4n) is 5.01. The largest absolute Gasteiger partial charge is 0.357 e. The van der Waals surface area contributed by atoms with Crippen LogP contribution in [0, 0.1) is 5.92 Å². The first-order chi connectivity index (χ1) is 16.6. The molecule has 7 heteroatoms. The van der Waals surface area contributed by atoms with Crippen molar-refractivity contribution < 1.29 is 4.79 Å². The first-order valence-electron chi connectivity index (χ1n) is 12.1. The summed E-state index contributed by atoms with van der Waals surface area (Å²) in [6, 6.07) is 19.5. The van der Waals surface area contributed by atoms with E-state index >= 15 is 0 Å². The number of fused-ring (bicyclic) bond motifs is 1. The maximum atomic E-state index is 12.7.